The van der Waals surface area contributed by atoms with Crippen molar-refractivity contribution in [3.05, 3.63) is 24.8 Å². The first-order chi connectivity index (χ1) is 5.81. The summed E-state index contributed by atoms with van der Waals surface area (Å²) in [4.78, 5) is 4.84. The average Bonchev–Trinajstić information content (AvgIpc) is 2.49. The van der Waals surface area contributed by atoms with E-state index in [-0.39, 0.29) is 0 Å². The van der Waals surface area contributed by atoms with E-state index in [2.05, 4.69) is 4.98 Å². The van der Waals surface area contributed by atoms with Crippen molar-refractivity contribution in [1.29, 1.82) is 0 Å². The van der Waals surface area contributed by atoms with Crippen LogP contribution in [0, 0.1) is 0 Å². The van der Waals surface area contributed by atoms with Crippen molar-refractivity contribution in [2.45, 2.75) is 4.90 Å². The van der Waals surface area contributed by atoms with E-state index in [9.17, 15) is 5.11 Å². The highest BCUT2D eigenvalue weighted by Crippen LogP contribution is 2.27. The summed E-state index contributed by atoms with van der Waals surface area (Å²) in [6.07, 6.45) is 7.02. The molecule has 0 aliphatic heterocycles. The molecule has 0 aliphatic carbocycles. The molecule has 3 nitrogen and oxygen atoms in total. The molecule has 2 rings (SSSR count). The summed E-state index contributed by atoms with van der Waals surface area (Å²) in [5, 5.41) is 9.46. The fraction of sp³-hybridized carbons (Fsp3) is 0.125. The number of aromatic nitrogens is 2. The Bertz CT molecular complexity index is 410. The molecule has 0 fully saturated rings. The van der Waals surface area contributed by atoms with Crippen molar-refractivity contribution in [3.8, 4) is 5.75 Å². The van der Waals surface area contributed by atoms with Gasteiger partial charge in [-0.15, -0.1) is 11.8 Å². The largest absolute Gasteiger partial charge is 0.505 e. The van der Waals surface area contributed by atoms with E-state index in [1.54, 1.807) is 23.1 Å². The fourth-order valence-corrected chi connectivity index (χ4v) is 1.60. The van der Waals surface area contributed by atoms with Crippen LogP contribution in [-0.4, -0.2) is 20.7 Å². The summed E-state index contributed by atoms with van der Waals surface area (Å²) in [7, 11) is 0. The summed E-state index contributed by atoms with van der Waals surface area (Å²) < 4.78 is 1.79. The third-order valence-corrected chi connectivity index (χ3v) is 2.48. The topological polar surface area (TPSA) is 37.5 Å². The zero-order valence-corrected chi connectivity index (χ0v) is 7.38. The van der Waals surface area contributed by atoms with Gasteiger partial charge in [-0.3, -0.25) is 0 Å². The minimum Gasteiger partial charge on any atom is -0.505 e. The minimum atomic E-state index is 0.299. The summed E-state index contributed by atoms with van der Waals surface area (Å²) in [6.45, 7) is 0. The van der Waals surface area contributed by atoms with Crippen molar-refractivity contribution in [1.82, 2.24) is 9.38 Å². The van der Waals surface area contributed by atoms with Gasteiger partial charge in [0.2, 0.25) is 0 Å². The van der Waals surface area contributed by atoms with Gasteiger partial charge in [-0.25, -0.2) is 4.98 Å². The summed E-state index contributed by atoms with van der Waals surface area (Å²) in [6, 6.07) is 1.91. The zero-order valence-electron chi connectivity index (χ0n) is 6.56. The molecule has 4 heteroatoms. The molecule has 0 saturated heterocycles. The van der Waals surface area contributed by atoms with Gasteiger partial charge in [0, 0.05) is 0 Å². The SMILES string of the molecule is CSc1cc2cncn2cc1O. The predicted octanol–water partition coefficient (Wildman–Crippen LogP) is 1.76. The Morgan fingerprint density at radius 3 is 3.17 bits per heavy atom. The molecule has 0 bridgehead atoms. The maximum atomic E-state index is 9.46. The second kappa shape index (κ2) is 2.71. The van der Waals surface area contributed by atoms with Crippen molar-refractivity contribution < 1.29 is 5.11 Å². The Labute approximate surface area is 74.1 Å². The highest BCUT2D eigenvalue weighted by molar-refractivity contribution is 7.98. The van der Waals surface area contributed by atoms with Crippen LogP contribution in [0.2, 0.25) is 0 Å². The molecule has 12 heavy (non-hydrogen) atoms. The second-order valence-corrected chi connectivity index (χ2v) is 3.30. The summed E-state index contributed by atoms with van der Waals surface area (Å²) >= 11 is 1.52. The maximum Gasteiger partial charge on any atom is 0.145 e. The predicted molar refractivity (Wildman–Crippen MR) is 48.6 cm³/mol. The zero-order chi connectivity index (χ0) is 8.55. The third-order valence-electron chi connectivity index (χ3n) is 1.71. The van der Waals surface area contributed by atoms with Crippen LogP contribution in [-0.2, 0) is 0 Å². The van der Waals surface area contributed by atoms with Gasteiger partial charge in [-0.1, -0.05) is 0 Å². The van der Waals surface area contributed by atoms with Crippen LogP contribution >= 0.6 is 11.8 Å². The first kappa shape index (κ1) is 7.49. The van der Waals surface area contributed by atoms with Crippen LogP contribution in [0.5, 0.6) is 5.75 Å². The second-order valence-electron chi connectivity index (χ2n) is 2.45. The van der Waals surface area contributed by atoms with Crippen molar-refractivity contribution in [3.63, 3.8) is 0 Å². The lowest BCUT2D eigenvalue weighted by molar-refractivity contribution is 0.459. The first-order valence-electron chi connectivity index (χ1n) is 3.50. The lowest BCUT2D eigenvalue weighted by Crippen LogP contribution is -1.82. The van der Waals surface area contributed by atoms with Gasteiger partial charge >= 0.3 is 0 Å². The molecule has 0 spiro atoms. The Kier molecular flexibility index (Phi) is 1.69. The summed E-state index contributed by atoms with van der Waals surface area (Å²) in [5.74, 6) is 0.299. The molecule has 0 saturated carbocycles. The van der Waals surface area contributed by atoms with Gasteiger partial charge < -0.3 is 9.51 Å². The Morgan fingerprint density at radius 1 is 1.58 bits per heavy atom. The quantitative estimate of drug-likeness (QED) is 0.679. The molecule has 1 N–H and O–H groups in total. The van der Waals surface area contributed by atoms with Crippen LogP contribution < -0.4 is 0 Å². The van der Waals surface area contributed by atoms with Crippen molar-refractivity contribution in [2.75, 3.05) is 6.26 Å². The number of imidazole rings is 1. The molecule has 62 valence electrons. The number of thioether (sulfide) groups is 1. The number of fused-ring (bicyclic) bond motifs is 1. The van der Waals surface area contributed by atoms with E-state index in [1.165, 1.54) is 11.8 Å². The molecule has 0 radical (unpaired) electrons. The highest BCUT2D eigenvalue weighted by atomic mass is 32.2. The number of rotatable bonds is 1. The van der Waals surface area contributed by atoms with Gasteiger partial charge in [0.15, 0.2) is 0 Å². The maximum absolute atomic E-state index is 9.46. The minimum absolute atomic E-state index is 0.299. The van der Waals surface area contributed by atoms with Gasteiger partial charge in [0.25, 0.3) is 0 Å². The van der Waals surface area contributed by atoms with Gasteiger partial charge in [0.05, 0.1) is 29.1 Å². The van der Waals surface area contributed by atoms with Crippen molar-refractivity contribution in [2.24, 2.45) is 0 Å². The fourth-order valence-electron chi connectivity index (χ4n) is 1.10. The molecular formula is C8H8N2OS. The molecule has 0 atom stereocenters. The molecule has 2 aromatic heterocycles. The number of aromatic hydroxyl groups is 1. The van der Waals surface area contributed by atoms with E-state index >= 15 is 0 Å². The number of nitrogens with zero attached hydrogens (tertiary/aromatic N) is 2. The Morgan fingerprint density at radius 2 is 2.42 bits per heavy atom. The van der Waals surface area contributed by atoms with Crippen LogP contribution in [0.15, 0.2) is 29.7 Å². The van der Waals surface area contributed by atoms with Gasteiger partial charge in [-0.2, -0.15) is 0 Å². The molecule has 0 amide bonds. The Hall–Kier alpha value is -1.16. The normalized spacial score (nSPS) is 10.8. The molecule has 0 aliphatic rings. The van der Waals surface area contributed by atoms with Crippen LogP contribution in [0.1, 0.15) is 0 Å². The Balaban J connectivity index is 2.73. The molecular weight excluding hydrogens is 172 g/mol. The van der Waals surface area contributed by atoms with Crippen LogP contribution in [0.4, 0.5) is 0 Å². The first-order valence-corrected chi connectivity index (χ1v) is 4.72. The number of pyridine rings is 1. The standard InChI is InChI=1S/C8H8N2OS/c1-12-8-2-6-3-9-5-10(6)4-7(8)11/h2-5,11H,1H3. The highest BCUT2D eigenvalue weighted by Gasteiger charge is 2.01. The van der Waals surface area contributed by atoms with E-state index in [0.717, 1.165) is 10.4 Å². The van der Waals surface area contributed by atoms with Crippen LogP contribution in [0.3, 0.4) is 0 Å². The van der Waals surface area contributed by atoms with E-state index in [1.807, 2.05) is 12.3 Å². The smallest absolute Gasteiger partial charge is 0.145 e. The van der Waals surface area contributed by atoms with Crippen LogP contribution in [0.25, 0.3) is 5.52 Å². The lowest BCUT2D eigenvalue weighted by Gasteiger charge is -2.01. The lowest BCUT2D eigenvalue weighted by atomic mass is 10.4. The van der Waals surface area contributed by atoms with E-state index in [4.69, 9.17) is 0 Å². The third kappa shape index (κ3) is 1.04. The molecule has 0 unspecified atom stereocenters. The number of hydrogen-bond acceptors (Lipinski definition) is 3. The average molecular weight is 180 g/mol. The molecule has 2 heterocycles. The monoisotopic (exact) mass is 180 g/mol. The van der Waals surface area contributed by atoms with E-state index in [0.29, 0.717) is 5.75 Å². The molecule has 0 aromatic carbocycles. The molecule has 2 aromatic rings. The summed E-state index contributed by atoms with van der Waals surface area (Å²) in [5.41, 5.74) is 0.997. The van der Waals surface area contributed by atoms with Crippen molar-refractivity contribution >= 4 is 17.3 Å². The van der Waals surface area contributed by atoms with E-state index < -0.39 is 0 Å². The van der Waals surface area contributed by atoms with Gasteiger partial charge in [0.1, 0.15) is 5.75 Å². The number of hydrogen-bond donors (Lipinski definition) is 1. The van der Waals surface area contributed by atoms with Gasteiger partial charge in [-0.05, 0) is 12.3 Å².